The van der Waals surface area contributed by atoms with Gasteiger partial charge in [-0.2, -0.15) is 0 Å². The number of nitrogens with zero attached hydrogens (tertiary/aromatic N) is 3. The number of thioether (sulfide) groups is 1. The van der Waals surface area contributed by atoms with E-state index in [0.29, 0.717) is 11.7 Å². The first-order chi connectivity index (χ1) is 14.1. The molecule has 11 heteroatoms. The molecule has 0 aromatic carbocycles. The smallest absolute Gasteiger partial charge is 0.321 e. The van der Waals surface area contributed by atoms with Crippen molar-refractivity contribution in [2.24, 2.45) is 0 Å². The predicted octanol–water partition coefficient (Wildman–Crippen LogP) is 2.43. The zero-order valence-corrected chi connectivity index (χ0v) is 17.7. The van der Waals surface area contributed by atoms with Crippen molar-refractivity contribution in [1.29, 1.82) is 0 Å². The van der Waals surface area contributed by atoms with Gasteiger partial charge in [-0.25, -0.2) is 4.79 Å². The van der Waals surface area contributed by atoms with Crippen LogP contribution in [0.2, 0.25) is 0 Å². The summed E-state index contributed by atoms with van der Waals surface area (Å²) in [5.74, 6) is -0.476. The molecule has 1 aliphatic rings. The number of imide groups is 1. The van der Waals surface area contributed by atoms with E-state index in [-0.39, 0.29) is 11.8 Å². The molecule has 1 saturated carbocycles. The summed E-state index contributed by atoms with van der Waals surface area (Å²) in [5.41, 5.74) is 0. The van der Waals surface area contributed by atoms with Crippen LogP contribution < -0.4 is 10.6 Å². The summed E-state index contributed by atoms with van der Waals surface area (Å²) in [6.45, 7) is 2.14. The van der Waals surface area contributed by atoms with Crippen LogP contribution in [0.15, 0.2) is 22.7 Å². The van der Waals surface area contributed by atoms with Gasteiger partial charge in [-0.3, -0.25) is 14.9 Å². The monoisotopic (exact) mass is 437 g/mol. The fourth-order valence-corrected chi connectivity index (χ4v) is 4.55. The molecule has 0 unspecified atom stereocenters. The van der Waals surface area contributed by atoms with Gasteiger partial charge in [-0.05, 0) is 31.2 Å². The van der Waals surface area contributed by atoms with E-state index in [1.54, 1.807) is 11.3 Å². The molecule has 2 aromatic rings. The van der Waals surface area contributed by atoms with Crippen molar-refractivity contribution in [2.45, 2.75) is 50.4 Å². The quantitative estimate of drug-likeness (QED) is 0.481. The summed E-state index contributed by atoms with van der Waals surface area (Å²) in [5, 5.41) is 15.8. The number of nitrogens with one attached hydrogen (secondary N) is 2. The van der Waals surface area contributed by atoms with E-state index in [1.807, 2.05) is 29.0 Å². The Balaban J connectivity index is 1.41. The van der Waals surface area contributed by atoms with Gasteiger partial charge in [0.15, 0.2) is 17.6 Å². The highest BCUT2D eigenvalue weighted by Gasteiger charge is 2.19. The predicted molar refractivity (Wildman–Crippen MR) is 110 cm³/mol. The Bertz CT molecular complexity index is 847. The van der Waals surface area contributed by atoms with Crippen LogP contribution in [0, 0.1) is 0 Å². The minimum absolute atomic E-state index is 0.00980. The summed E-state index contributed by atoms with van der Waals surface area (Å²) in [4.78, 5) is 36.4. The molecule has 0 spiro atoms. The van der Waals surface area contributed by atoms with Crippen molar-refractivity contribution in [2.75, 3.05) is 12.4 Å². The normalized spacial score (nSPS) is 14.0. The van der Waals surface area contributed by atoms with Crippen molar-refractivity contribution in [3.05, 3.63) is 17.5 Å². The second-order valence-electron chi connectivity index (χ2n) is 6.48. The number of rotatable bonds is 8. The molecule has 0 bridgehead atoms. The second-order valence-corrected chi connectivity index (χ2v) is 8.37. The molecule has 2 aromatic heterocycles. The average Bonchev–Trinajstić information content (AvgIpc) is 3.45. The van der Waals surface area contributed by atoms with Gasteiger partial charge in [0.2, 0.25) is 0 Å². The fourth-order valence-electron chi connectivity index (χ4n) is 3.03. The summed E-state index contributed by atoms with van der Waals surface area (Å²) in [7, 11) is 0. The van der Waals surface area contributed by atoms with Crippen molar-refractivity contribution < 1.29 is 19.1 Å². The molecule has 3 amide bonds. The van der Waals surface area contributed by atoms with E-state index in [0.717, 1.165) is 36.4 Å². The lowest BCUT2D eigenvalue weighted by Gasteiger charge is -2.12. The lowest BCUT2D eigenvalue weighted by molar-refractivity contribution is -0.145. The Kier molecular flexibility index (Phi) is 7.64. The standard InChI is InChI=1S/C18H23N5O4S2/c1-2-23-16(13-8-5-9-28-13)21-22-18(23)29-11-15(25)27-10-14(24)20-17(26)19-12-6-3-4-7-12/h5,8-9,12H,2-4,6-7,10-11H2,1H3,(H2,19,20,24,26). The zero-order chi connectivity index (χ0) is 20.6. The average molecular weight is 438 g/mol. The Labute approximate surface area is 176 Å². The topological polar surface area (TPSA) is 115 Å². The lowest BCUT2D eigenvalue weighted by atomic mass is 10.2. The second kappa shape index (κ2) is 10.4. The zero-order valence-electron chi connectivity index (χ0n) is 16.1. The number of esters is 1. The van der Waals surface area contributed by atoms with Crippen molar-refractivity contribution >= 4 is 41.0 Å². The van der Waals surface area contributed by atoms with E-state index in [9.17, 15) is 14.4 Å². The largest absolute Gasteiger partial charge is 0.455 e. The first-order valence-electron chi connectivity index (χ1n) is 9.42. The number of amides is 3. The molecule has 0 aliphatic heterocycles. The van der Waals surface area contributed by atoms with Crippen LogP contribution in [-0.2, 0) is 20.9 Å². The van der Waals surface area contributed by atoms with Crippen molar-refractivity contribution in [3.8, 4) is 10.7 Å². The van der Waals surface area contributed by atoms with Gasteiger partial charge in [0.05, 0.1) is 10.6 Å². The number of ether oxygens (including phenoxy) is 1. The van der Waals surface area contributed by atoms with Gasteiger partial charge in [0.1, 0.15) is 0 Å². The van der Waals surface area contributed by atoms with Gasteiger partial charge in [-0.15, -0.1) is 21.5 Å². The number of hydrogen-bond acceptors (Lipinski definition) is 8. The first kappa shape index (κ1) is 21.3. The third-order valence-corrected chi connectivity index (χ3v) is 6.21. The van der Waals surface area contributed by atoms with E-state index in [4.69, 9.17) is 4.74 Å². The first-order valence-corrected chi connectivity index (χ1v) is 11.3. The SMILES string of the molecule is CCn1c(SCC(=O)OCC(=O)NC(=O)NC2CCCC2)nnc1-c1cccs1. The molecule has 29 heavy (non-hydrogen) atoms. The van der Waals surface area contributed by atoms with Crippen molar-refractivity contribution in [3.63, 3.8) is 0 Å². The van der Waals surface area contributed by atoms with Gasteiger partial charge < -0.3 is 14.6 Å². The number of aromatic nitrogens is 3. The molecule has 1 aliphatic carbocycles. The van der Waals surface area contributed by atoms with E-state index in [1.165, 1.54) is 11.8 Å². The molecular formula is C18H23N5O4S2. The van der Waals surface area contributed by atoms with Gasteiger partial charge in [0, 0.05) is 12.6 Å². The molecule has 0 saturated heterocycles. The fraction of sp³-hybridized carbons (Fsp3) is 0.500. The van der Waals surface area contributed by atoms with Crippen LogP contribution in [0.5, 0.6) is 0 Å². The molecular weight excluding hydrogens is 414 g/mol. The highest BCUT2D eigenvalue weighted by atomic mass is 32.2. The molecule has 1 fully saturated rings. The van der Waals surface area contributed by atoms with Crippen molar-refractivity contribution in [1.82, 2.24) is 25.4 Å². The van der Waals surface area contributed by atoms with Crippen LogP contribution in [-0.4, -0.2) is 51.1 Å². The van der Waals surface area contributed by atoms with E-state index >= 15 is 0 Å². The number of carbonyl (C=O) groups excluding carboxylic acids is 3. The maximum absolute atomic E-state index is 11.9. The maximum atomic E-state index is 11.9. The number of urea groups is 1. The van der Waals surface area contributed by atoms with Crippen LogP contribution in [0.1, 0.15) is 32.6 Å². The molecule has 2 heterocycles. The van der Waals surface area contributed by atoms with Gasteiger partial charge >= 0.3 is 12.0 Å². The summed E-state index contributed by atoms with van der Waals surface area (Å²) >= 11 is 2.76. The van der Waals surface area contributed by atoms with Crippen LogP contribution in [0.3, 0.4) is 0 Å². The highest BCUT2D eigenvalue weighted by molar-refractivity contribution is 7.99. The maximum Gasteiger partial charge on any atom is 0.321 e. The lowest BCUT2D eigenvalue weighted by Crippen LogP contribution is -2.45. The van der Waals surface area contributed by atoms with Crippen LogP contribution in [0.4, 0.5) is 4.79 Å². The molecule has 0 radical (unpaired) electrons. The summed E-state index contributed by atoms with van der Waals surface area (Å²) in [6, 6.07) is 3.46. The molecule has 0 atom stereocenters. The molecule has 2 N–H and O–H groups in total. The van der Waals surface area contributed by atoms with Crippen LogP contribution >= 0.6 is 23.1 Å². The highest BCUT2D eigenvalue weighted by Crippen LogP contribution is 2.27. The summed E-state index contributed by atoms with van der Waals surface area (Å²) in [6.07, 6.45) is 4.00. The Morgan fingerprint density at radius 2 is 2.10 bits per heavy atom. The number of thiophene rings is 1. The Morgan fingerprint density at radius 3 is 2.79 bits per heavy atom. The third-order valence-electron chi connectivity index (χ3n) is 4.40. The Hall–Kier alpha value is -2.40. The van der Waals surface area contributed by atoms with E-state index in [2.05, 4.69) is 20.8 Å². The third kappa shape index (κ3) is 6.04. The minimum Gasteiger partial charge on any atom is -0.455 e. The van der Waals surface area contributed by atoms with Gasteiger partial charge in [0.25, 0.3) is 5.91 Å². The van der Waals surface area contributed by atoms with Gasteiger partial charge in [-0.1, -0.05) is 30.7 Å². The van der Waals surface area contributed by atoms with Crippen LogP contribution in [0.25, 0.3) is 10.7 Å². The summed E-state index contributed by atoms with van der Waals surface area (Å²) < 4.78 is 6.86. The molecule has 3 rings (SSSR count). The number of hydrogen-bond donors (Lipinski definition) is 2. The van der Waals surface area contributed by atoms with E-state index < -0.39 is 24.5 Å². The Morgan fingerprint density at radius 1 is 1.31 bits per heavy atom. The number of carbonyl (C=O) groups is 3. The molecule has 9 nitrogen and oxygen atoms in total. The molecule has 156 valence electrons. The minimum atomic E-state index is -0.657.